The number of piperidine rings is 1. The Balaban J connectivity index is 0.00000147. The van der Waals surface area contributed by atoms with Gasteiger partial charge in [-0.15, -0.1) is 12.4 Å². The van der Waals surface area contributed by atoms with Crippen molar-refractivity contribution in [3.05, 3.63) is 54.2 Å². The molecule has 2 heterocycles. The molecule has 106 valence electrons. The first-order valence-electron chi connectivity index (χ1n) is 6.81. The maximum Gasteiger partial charge on any atom is 0.219 e. The van der Waals surface area contributed by atoms with Crippen LogP contribution in [0.2, 0.25) is 0 Å². The molecule has 1 aliphatic heterocycles. The fourth-order valence-electron chi connectivity index (χ4n) is 2.49. The summed E-state index contributed by atoms with van der Waals surface area (Å²) in [7, 11) is 0. The van der Waals surface area contributed by atoms with Gasteiger partial charge in [-0.2, -0.15) is 0 Å². The molecule has 1 aromatic heterocycles. The lowest BCUT2D eigenvalue weighted by Crippen LogP contribution is -2.26. The number of nitrogens with one attached hydrogen (secondary N) is 1. The van der Waals surface area contributed by atoms with Crippen LogP contribution in [0, 0.1) is 0 Å². The van der Waals surface area contributed by atoms with Gasteiger partial charge in [-0.05, 0) is 55.6 Å². The van der Waals surface area contributed by atoms with Crippen LogP contribution in [0.3, 0.4) is 0 Å². The van der Waals surface area contributed by atoms with E-state index in [0.29, 0.717) is 11.8 Å². The van der Waals surface area contributed by atoms with Crippen LogP contribution in [0.25, 0.3) is 0 Å². The molecule has 20 heavy (non-hydrogen) atoms. The molecule has 3 nitrogen and oxygen atoms in total. The summed E-state index contributed by atoms with van der Waals surface area (Å²) in [6.07, 6.45) is 4.18. The Hall–Kier alpha value is -1.58. The monoisotopic (exact) mass is 290 g/mol. The second kappa shape index (κ2) is 7.27. The summed E-state index contributed by atoms with van der Waals surface area (Å²) < 4.78 is 5.70. The Morgan fingerprint density at radius 2 is 1.75 bits per heavy atom. The molecule has 4 heteroatoms. The third kappa shape index (κ3) is 3.71. The number of rotatable bonds is 3. The average molecular weight is 291 g/mol. The highest BCUT2D eigenvalue weighted by atomic mass is 35.5. The standard InChI is InChI=1S/C16H18N2O.ClH/c1-2-10-18-16(3-1)19-15-6-4-13(5-7-15)14-8-11-17-12-9-14;/h1-7,10,14,17H,8-9,11-12H2;1H. The SMILES string of the molecule is Cl.c1ccc(Oc2ccc(C3CCNCC3)cc2)nc1. The number of hydrogen-bond donors (Lipinski definition) is 1. The summed E-state index contributed by atoms with van der Waals surface area (Å²) in [6.45, 7) is 2.24. The molecule has 0 aliphatic carbocycles. The van der Waals surface area contributed by atoms with Gasteiger partial charge in [0, 0.05) is 12.3 Å². The van der Waals surface area contributed by atoms with E-state index in [1.165, 1.54) is 18.4 Å². The number of aromatic nitrogens is 1. The smallest absolute Gasteiger partial charge is 0.219 e. The normalized spacial score (nSPS) is 15.4. The molecule has 2 aromatic rings. The van der Waals surface area contributed by atoms with Crippen LogP contribution in [-0.4, -0.2) is 18.1 Å². The zero-order valence-corrected chi connectivity index (χ0v) is 12.1. The zero-order chi connectivity index (χ0) is 12.9. The van der Waals surface area contributed by atoms with Gasteiger partial charge in [-0.1, -0.05) is 18.2 Å². The molecule has 0 atom stereocenters. The minimum Gasteiger partial charge on any atom is -0.439 e. The molecule has 1 aromatic carbocycles. The lowest BCUT2D eigenvalue weighted by atomic mass is 9.90. The summed E-state index contributed by atoms with van der Waals surface area (Å²) in [5.41, 5.74) is 1.41. The van der Waals surface area contributed by atoms with Crippen molar-refractivity contribution in [3.8, 4) is 11.6 Å². The fourth-order valence-corrected chi connectivity index (χ4v) is 2.49. The van der Waals surface area contributed by atoms with Crippen molar-refractivity contribution in [2.75, 3.05) is 13.1 Å². The van der Waals surface area contributed by atoms with Crippen LogP contribution < -0.4 is 10.1 Å². The Bertz CT molecular complexity index is 510. The van der Waals surface area contributed by atoms with Crippen LogP contribution in [0.5, 0.6) is 11.6 Å². The van der Waals surface area contributed by atoms with Gasteiger partial charge in [-0.3, -0.25) is 0 Å². The van der Waals surface area contributed by atoms with Gasteiger partial charge in [0.1, 0.15) is 5.75 Å². The Kier molecular flexibility index (Phi) is 5.39. The van der Waals surface area contributed by atoms with E-state index in [-0.39, 0.29) is 12.4 Å². The van der Waals surface area contributed by atoms with Crippen molar-refractivity contribution in [1.29, 1.82) is 0 Å². The van der Waals surface area contributed by atoms with E-state index in [0.717, 1.165) is 18.8 Å². The summed E-state index contributed by atoms with van der Waals surface area (Å²) in [4.78, 5) is 4.16. The molecule has 0 spiro atoms. The van der Waals surface area contributed by atoms with Gasteiger partial charge in [0.25, 0.3) is 0 Å². The molecule has 0 radical (unpaired) electrons. The summed E-state index contributed by atoms with van der Waals surface area (Å²) in [6, 6.07) is 14.1. The third-order valence-electron chi connectivity index (χ3n) is 3.55. The van der Waals surface area contributed by atoms with Crippen LogP contribution in [0.15, 0.2) is 48.7 Å². The van der Waals surface area contributed by atoms with Crippen molar-refractivity contribution in [2.45, 2.75) is 18.8 Å². The first-order valence-corrected chi connectivity index (χ1v) is 6.81. The third-order valence-corrected chi connectivity index (χ3v) is 3.55. The predicted molar refractivity (Wildman–Crippen MR) is 82.8 cm³/mol. The topological polar surface area (TPSA) is 34.1 Å². The van der Waals surface area contributed by atoms with Crippen molar-refractivity contribution < 1.29 is 4.74 Å². The van der Waals surface area contributed by atoms with Gasteiger partial charge in [0.2, 0.25) is 5.88 Å². The highest BCUT2D eigenvalue weighted by molar-refractivity contribution is 5.85. The quantitative estimate of drug-likeness (QED) is 0.934. The molecule has 0 amide bonds. The second-order valence-corrected chi connectivity index (χ2v) is 4.86. The van der Waals surface area contributed by atoms with Crippen LogP contribution >= 0.6 is 12.4 Å². The minimum absolute atomic E-state index is 0. The molecule has 0 unspecified atom stereocenters. The Labute approximate surface area is 125 Å². The minimum atomic E-state index is 0. The predicted octanol–water partition coefficient (Wildman–Crippen LogP) is 3.76. The van der Waals surface area contributed by atoms with Crippen LogP contribution in [-0.2, 0) is 0 Å². The average Bonchev–Trinajstić information content (AvgIpc) is 2.50. The lowest BCUT2D eigenvalue weighted by Gasteiger charge is -2.23. The van der Waals surface area contributed by atoms with Crippen molar-refractivity contribution >= 4 is 12.4 Å². The van der Waals surface area contributed by atoms with E-state index >= 15 is 0 Å². The number of pyridine rings is 1. The van der Waals surface area contributed by atoms with Gasteiger partial charge in [0.05, 0.1) is 0 Å². The van der Waals surface area contributed by atoms with E-state index in [2.05, 4.69) is 22.4 Å². The summed E-state index contributed by atoms with van der Waals surface area (Å²) in [5.74, 6) is 2.17. The van der Waals surface area contributed by atoms with E-state index in [9.17, 15) is 0 Å². The molecule has 3 rings (SSSR count). The van der Waals surface area contributed by atoms with E-state index < -0.39 is 0 Å². The Morgan fingerprint density at radius 3 is 2.40 bits per heavy atom. The number of halogens is 1. The van der Waals surface area contributed by atoms with Gasteiger partial charge in [-0.25, -0.2) is 4.98 Å². The molecule has 0 bridgehead atoms. The molecular formula is C16H19ClN2O. The lowest BCUT2D eigenvalue weighted by molar-refractivity contribution is 0.454. The highest BCUT2D eigenvalue weighted by Crippen LogP contribution is 2.27. The van der Waals surface area contributed by atoms with Crippen LogP contribution in [0.1, 0.15) is 24.3 Å². The molecule has 1 N–H and O–H groups in total. The van der Waals surface area contributed by atoms with Crippen molar-refractivity contribution in [2.24, 2.45) is 0 Å². The molecule has 1 fully saturated rings. The zero-order valence-electron chi connectivity index (χ0n) is 11.3. The van der Waals surface area contributed by atoms with Crippen LogP contribution in [0.4, 0.5) is 0 Å². The van der Waals surface area contributed by atoms with E-state index in [1.807, 2.05) is 30.3 Å². The Morgan fingerprint density at radius 1 is 1.00 bits per heavy atom. The number of nitrogens with zero attached hydrogens (tertiary/aromatic N) is 1. The van der Waals surface area contributed by atoms with Gasteiger partial charge < -0.3 is 10.1 Å². The second-order valence-electron chi connectivity index (χ2n) is 4.86. The van der Waals surface area contributed by atoms with Gasteiger partial charge in [0.15, 0.2) is 0 Å². The van der Waals surface area contributed by atoms with E-state index in [4.69, 9.17) is 4.74 Å². The fraction of sp³-hybridized carbons (Fsp3) is 0.312. The molecule has 1 aliphatic rings. The highest BCUT2D eigenvalue weighted by Gasteiger charge is 2.14. The summed E-state index contributed by atoms with van der Waals surface area (Å²) in [5, 5.41) is 3.40. The van der Waals surface area contributed by atoms with Gasteiger partial charge >= 0.3 is 0 Å². The maximum absolute atomic E-state index is 5.70. The first kappa shape index (κ1) is 14.8. The largest absolute Gasteiger partial charge is 0.439 e. The first-order chi connectivity index (χ1) is 9.42. The number of hydrogen-bond acceptors (Lipinski definition) is 3. The maximum atomic E-state index is 5.70. The molecule has 0 saturated carbocycles. The van der Waals surface area contributed by atoms with Crippen molar-refractivity contribution in [1.82, 2.24) is 10.3 Å². The summed E-state index contributed by atoms with van der Waals surface area (Å²) >= 11 is 0. The molecular weight excluding hydrogens is 272 g/mol. The number of benzene rings is 1. The van der Waals surface area contributed by atoms with E-state index in [1.54, 1.807) is 6.20 Å². The number of ether oxygens (including phenoxy) is 1. The molecule has 1 saturated heterocycles. The van der Waals surface area contributed by atoms with Crippen molar-refractivity contribution in [3.63, 3.8) is 0 Å².